The van der Waals surface area contributed by atoms with Crippen LogP contribution in [0.15, 0.2) is 67.1 Å². The van der Waals surface area contributed by atoms with Crippen LogP contribution < -0.4 is 15.4 Å². The van der Waals surface area contributed by atoms with Crippen LogP contribution in [0.2, 0.25) is 0 Å². The lowest BCUT2D eigenvalue weighted by atomic mass is 10.1. The number of nitrogens with zero attached hydrogens (tertiary/aromatic N) is 5. The highest BCUT2D eigenvalue weighted by molar-refractivity contribution is 5.92. The Morgan fingerprint density at radius 3 is 2.65 bits per heavy atom. The standard InChI is InChI=1S/C28H23F2N7O3/c29-21-11-18(38)12-22(30)20(21)14-37-23-4-2-1-3-19(23)26(36-37)28-32-13-24(40-15-17-5-6-25(39)33-17)27(35-28)34-16-7-9-31-10-8-16/h1-4,7-13,17,38H,5-6,14-15H2,(H,33,39)(H,31,32,34,35)/t17-/m0/s1. The maximum atomic E-state index is 14.5. The molecule has 4 heterocycles. The summed E-state index contributed by atoms with van der Waals surface area (Å²) in [4.78, 5) is 24.8. The van der Waals surface area contributed by atoms with E-state index in [1.54, 1.807) is 36.7 Å². The number of hydrogen-bond donors (Lipinski definition) is 3. The number of benzene rings is 2. The first-order valence-electron chi connectivity index (χ1n) is 12.5. The molecule has 1 saturated heterocycles. The van der Waals surface area contributed by atoms with E-state index in [1.165, 1.54) is 10.9 Å². The summed E-state index contributed by atoms with van der Waals surface area (Å²) in [6, 6.07) is 12.4. The van der Waals surface area contributed by atoms with Gasteiger partial charge >= 0.3 is 0 Å². The SMILES string of the molecule is O=C1CC[C@@H](COc2cnc(-c3nn(Cc4c(F)cc(O)cc4F)c4ccccc34)nc2Nc2ccncc2)N1. The second-order valence-corrected chi connectivity index (χ2v) is 9.29. The van der Waals surface area contributed by atoms with Gasteiger partial charge in [0.05, 0.1) is 24.3 Å². The van der Waals surface area contributed by atoms with Crippen LogP contribution in [0.5, 0.6) is 11.5 Å². The number of phenols is 1. The number of aromatic nitrogens is 5. The molecule has 0 aliphatic carbocycles. The van der Waals surface area contributed by atoms with E-state index in [1.807, 2.05) is 12.1 Å². The minimum absolute atomic E-state index is 0.00939. The molecule has 0 bridgehead atoms. The van der Waals surface area contributed by atoms with Crippen LogP contribution in [0, 0.1) is 11.6 Å². The average Bonchev–Trinajstić information content (AvgIpc) is 3.53. The van der Waals surface area contributed by atoms with Crippen LogP contribution in [0.3, 0.4) is 0 Å². The lowest BCUT2D eigenvalue weighted by Gasteiger charge is -2.15. The maximum Gasteiger partial charge on any atom is 0.220 e. The minimum Gasteiger partial charge on any atom is -0.508 e. The topological polar surface area (TPSA) is 127 Å². The fourth-order valence-corrected chi connectivity index (χ4v) is 4.55. The Kier molecular flexibility index (Phi) is 6.64. The summed E-state index contributed by atoms with van der Waals surface area (Å²) in [7, 11) is 0. The molecule has 0 unspecified atom stereocenters. The van der Waals surface area contributed by atoms with Crippen LogP contribution in [0.4, 0.5) is 20.3 Å². The van der Waals surface area contributed by atoms with E-state index in [0.717, 1.165) is 12.1 Å². The Balaban J connectivity index is 1.38. The van der Waals surface area contributed by atoms with Crippen molar-refractivity contribution in [2.75, 3.05) is 11.9 Å². The predicted molar refractivity (Wildman–Crippen MR) is 142 cm³/mol. The monoisotopic (exact) mass is 543 g/mol. The number of pyridine rings is 1. The number of carbonyl (C=O) groups excluding carboxylic acids is 1. The predicted octanol–water partition coefficient (Wildman–Crippen LogP) is 4.32. The van der Waals surface area contributed by atoms with Crippen molar-refractivity contribution < 1.29 is 23.4 Å². The van der Waals surface area contributed by atoms with Crippen molar-refractivity contribution in [3.63, 3.8) is 0 Å². The Morgan fingerprint density at radius 1 is 1.12 bits per heavy atom. The van der Waals surface area contributed by atoms with Crippen LogP contribution in [-0.2, 0) is 11.3 Å². The quantitative estimate of drug-likeness (QED) is 0.264. The van der Waals surface area contributed by atoms with Gasteiger partial charge in [0, 0.05) is 47.6 Å². The number of ether oxygens (including phenoxy) is 1. The van der Waals surface area contributed by atoms with E-state index in [4.69, 9.17) is 9.72 Å². The summed E-state index contributed by atoms with van der Waals surface area (Å²) in [6.07, 6.45) is 5.93. The van der Waals surface area contributed by atoms with Crippen molar-refractivity contribution in [1.82, 2.24) is 30.0 Å². The Hall–Kier alpha value is -5.13. The van der Waals surface area contributed by atoms with E-state index in [-0.39, 0.29) is 36.5 Å². The maximum absolute atomic E-state index is 14.5. The van der Waals surface area contributed by atoms with Gasteiger partial charge in [-0.05, 0) is 24.6 Å². The van der Waals surface area contributed by atoms with Crippen LogP contribution >= 0.6 is 0 Å². The zero-order valence-corrected chi connectivity index (χ0v) is 21.0. The molecular weight excluding hydrogens is 520 g/mol. The molecule has 0 saturated carbocycles. The van der Waals surface area contributed by atoms with Gasteiger partial charge in [-0.25, -0.2) is 18.7 Å². The third kappa shape index (κ3) is 5.10. The summed E-state index contributed by atoms with van der Waals surface area (Å²) in [5.74, 6) is -1.25. The first-order valence-corrected chi connectivity index (χ1v) is 12.5. The van der Waals surface area contributed by atoms with E-state index in [2.05, 4.69) is 25.7 Å². The van der Waals surface area contributed by atoms with Gasteiger partial charge in [0.1, 0.15) is 29.7 Å². The number of fused-ring (bicyclic) bond motifs is 1. The number of aromatic hydroxyl groups is 1. The molecule has 1 aliphatic heterocycles. The molecule has 6 rings (SSSR count). The van der Waals surface area contributed by atoms with E-state index < -0.39 is 17.4 Å². The molecular formula is C28H23F2N7O3. The van der Waals surface area contributed by atoms with Crippen molar-refractivity contribution in [1.29, 1.82) is 0 Å². The molecule has 2 aromatic carbocycles. The molecule has 202 valence electrons. The molecule has 3 aromatic heterocycles. The number of anilines is 2. The molecule has 1 amide bonds. The highest BCUT2D eigenvalue weighted by atomic mass is 19.1. The second-order valence-electron chi connectivity index (χ2n) is 9.29. The Labute approximate surface area is 226 Å². The number of amides is 1. The number of halogens is 2. The van der Waals surface area contributed by atoms with Gasteiger partial charge in [-0.2, -0.15) is 5.10 Å². The summed E-state index contributed by atoms with van der Waals surface area (Å²) in [5, 5.41) is 20.9. The normalized spacial score (nSPS) is 14.8. The summed E-state index contributed by atoms with van der Waals surface area (Å²) in [5.41, 5.74) is 1.50. The van der Waals surface area contributed by atoms with Crippen LogP contribution in [0.1, 0.15) is 18.4 Å². The van der Waals surface area contributed by atoms with E-state index in [0.29, 0.717) is 46.7 Å². The fourth-order valence-electron chi connectivity index (χ4n) is 4.55. The van der Waals surface area contributed by atoms with Crippen LogP contribution in [-0.4, -0.2) is 48.4 Å². The first kappa shape index (κ1) is 25.2. The van der Waals surface area contributed by atoms with Gasteiger partial charge in [-0.15, -0.1) is 0 Å². The molecule has 5 aromatic rings. The molecule has 0 radical (unpaired) electrons. The molecule has 0 spiro atoms. The second kappa shape index (κ2) is 10.6. The van der Waals surface area contributed by atoms with Crippen molar-refractivity contribution in [3.8, 4) is 23.0 Å². The molecule has 3 N–H and O–H groups in total. The first-order chi connectivity index (χ1) is 19.4. The molecule has 1 aliphatic rings. The lowest BCUT2D eigenvalue weighted by Crippen LogP contribution is -2.31. The number of nitrogens with one attached hydrogen (secondary N) is 2. The van der Waals surface area contributed by atoms with E-state index in [9.17, 15) is 18.7 Å². The van der Waals surface area contributed by atoms with Gasteiger partial charge < -0.3 is 20.5 Å². The molecule has 40 heavy (non-hydrogen) atoms. The van der Waals surface area contributed by atoms with Gasteiger partial charge in [-0.3, -0.25) is 14.5 Å². The smallest absolute Gasteiger partial charge is 0.220 e. The number of carbonyl (C=O) groups is 1. The highest BCUT2D eigenvalue weighted by Gasteiger charge is 2.23. The van der Waals surface area contributed by atoms with Gasteiger partial charge in [-0.1, -0.05) is 18.2 Å². The summed E-state index contributed by atoms with van der Waals surface area (Å²) in [6.45, 7) is 0.0374. The van der Waals surface area contributed by atoms with Gasteiger partial charge in [0.15, 0.2) is 17.4 Å². The zero-order chi connectivity index (χ0) is 27.6. The summed E-state index contributed by atoms with van der Waals surface area (Å²) < 4.78 is 36.5. The Bertz CT molecular complexity index is 1690. The average molecular weight is 544 g/mol. The molecule has 1 fully saturated rings. The van der Waals surface area contributed by atoms with E-state index >= 15 is 0 Å². The molecule has 12 heteroatoms. The fraction of sp³-hybridized carbons (Fsp3) is 0.179. The lowest BCUT2D eigenvalue weighted by molar-refractivity contribution is -0.119. The number of phenolic OH excluding ortho intramolecular Hbond substituents is 1. The number of para-hydroxylation sites is 1. The third-order valence-electron chi connectivity index (χ3n) is 6.53. The van der Waals surface area contributed by atoms with Crippen molar-refractivity contribution >= 4 is 28.3 Å². The minimum atomic E-state index is -0.876. The van der Waals surface area contributed by atoms with Crippen molar-refractivity contribution in [3.05, 3.63) is 84.3 Å². The Morgan fingerprint density at radius 2 is 1.90 bits per heavy atom. The number of rotatable bonds is 8. The van der Waals surface area contributed by atoms with Crippen molar-refractivity contribution in [2.45, 2.75) is 25.4 Å². The van der Waals surface area contributed by atoms with Crippen LogP contribution in [0.25, 0.3) is 22.4 Å². The number of hydrogen-bond acceptors (Lipinski definition) is 8. The third-order valence-corrected chi connectivity index (χ3v) is 6.53. The summed E-state index contributed by atoms with van der Waals surface area (Å²) >= 11 is 0. The highest BCUT2D eigenvalue weighted by Crippen LogP contribution is 2.32. The zero-order valence-electron chi connectivity index (χ0n) is 21.0. The van der Waals surface area contributed by atoms with Crippen molar-refractivity contribution in [2.24, 2.45) is 0 Å². The van der Waals surface area contributed by atoms with Gasteiger partial charge in [0.2, 0.25) is 5.91 Å². The van der Waals surface area contributed by atoms with Gasteiger partial charge in [0.25, 0.3) is 0 Å². The molecule has 10 nitrogen and oxygen atoms in total. The largest absolute Gasteiger partial charge is 0.508 e. The molecule has 1 atom stereocenters.